The Morgan fingerprint density at radius 2 is 1.79 bits per heavy atom. The van der Waals surface area contributed by atoms with Gasteiger partial charge in [-0.15, -0.1) is 0 Å². The number of nitrogens with one attached hydrogen (secondary N) is 1. The lowest BCUT2D eigenvalue weighted by atomic mass is 10.1. The number of likely N-dealkylation sites (N-methyl/N-ethyl adjacent to an activating group) is 1. The van der Waals surface area contributed by atoms with E-state index in [1.165, 1.54) is 7.11 Å². The molecule has 6 nitrogen and oxygen atoms in total. The van der Waals surface area contributed by atoms with E-state index in [9.17, 15) is 9.59 Å². The number of carbonyl (C=O) groups is 2. The van der Waals surface area contributed by atoms with Crippen LogP contribution in [0.4, 0.5) is 4.79 Å². The molecule has 1 unspecified atom stereocenters. The van der Waals surface area contributed by atoms with E-state index in [0.717, 1.165) is 5.56 Å². The van der Waals surface area contributed by atoms with E-state index in [0.29, 0.717) is 18.7 Å². The monoisotopic (exact) mass is 336 g/mol. The van der Waals surface area contributed by atoms with E-state index in [4.69, 9.17) is 4.74 Å². The Hall–Kier alpha value is -2.08. The van der Waals surface area contributed by atoms with Crippen LogP contribution >= 0.6 is 0 Å². The highest BCUT2D eigenvalue weighted by Crippen LogP contribution is 2.11. The summed E-state index contributed by atoms with van der Waals surface area (Å²) in [4.78, 5) is 25.0. The van der Waals surface area contributed by atoms with Crippen LogP contribution < -0.4 is 5.32 Å². The van der Waals surface area contributed by atoms with Crippen molar-refractivity contribution in [2.24, 2.45) is 0 Å². The Morgan fingerprint density at radius 1 is 1.21 bits per heavy atom. The molecule has 0 radical (unpaired) electrons. The fraction of sp³-hybridized carbons (Fsp3) is 0.556. The number of hydrogen-bond acceptors (Lipinski definition) is 5. The molecule has 134 valence electrons. The van der Waals surface area contributed by atoms with Gasteiger partial charge in [0.1, 0.15) is 5.60 Å². The Morgan fingerprint density at radius 3 is 2.29 bits per heavy atom. The van der Waals surface area contributed by atoms with Crippen molar-refractivity contribution in [3.05, 3.63) is 35.4 Å². The fourth-order valence-electron chi connectivity index (χ4n) is 1.95. The van der Waals surface area contributed by atoms with Crippen LogP contribution in [-0.2, 0) is 16.0 Å². The standard InChI is InChI=1S/C18H28N2O4/c1-13(20(5)17(22)24-18(2,3)4)11-19-12-14-7-9-15(10-8-14)16(21)23-6/h7-10,13,19H,11-12H2,1-6H3. The number of amides is 1. The van der Waals surface area contributed by atoms with Gasteiger partial charge >= 0.3 is 12.1 Å². The molecule has 24 heavy (non-hydrogen) atoms. The number of carbonyl (C=O) groups excluding carboxylic acids is 2. The third kappa shape index (κ3) is 6.58. The van der Waals surface area contributed by atoms with E-state index < -0.39 is 5.60 Å². The Balaban J connectivity index is 2.43. The lowest BCUT2D eigenvalue weighted by Crippen LogP contribution is -2.43. The minimum atomic E-state index is -0.500. The van der Waals surface area contributed by atoms with E-state index in [1.54, 1.807) is 24.1 Å². The average molecular weight is 336 g/mol. The summed E-state index contributed by atoms with van der Waals surface area (Å²) in [6.07, 6.45) is -0.334. The largest absolute Gasteiger partial charge is 0.465 e. The summed E-state index contributed by atoms with van der Waals surface area (Å²) in [5.41, 5.74) is 1.08. The van der Waals surface area contributed by atoms with E-state index in [1.807, 2.05) is 39.8 Å². The van der Waals surface area contributed by atoms with Crippen molar-refractivity contribution < 1.29 is 19.1 Å². The predicted octanol–water partition coefficient (Wildman–Crippen LogP) is 2.82. The summed E-state index contributed by atoms with van der Waals surface area (Å²) in [6.45, 7) is 8.78. The third-order valence-corrected chi connectivity index (χ3v) is 3.49. The maximum atomic E-state index is 12.0. The summed E-state index contributed by atoms with van der Waals surface area (Å²) in [7, 11) is 3.09. The normalized spacial score (nSPS) is 12.4. The maximum absolute atomic E-state index is 12.0. The molecule has 0 saturated heterocycles. The van der Waals surface area contributed by atoms with Crippen LogP contribution in [0, 0.1) is 0 Å². The van der Waals surface area contributed by atoms with Crippen molar-refractivity contribution >= 4 is 12.1 Å². The molecule has 1 amide bonds. The number of hydrogen-bond donors (Lipinski definition) is 1. The highest BCUT2D eigenvalue weighted by molar-refractivity contribution is 5.89. The Kier molecular flexibility index (Phi) is 7.22. The Bertz CT molecular complexity index is 549. The summed E-state index contributed by atoms with van der Waals surface area (Å²) < 4.78 is 10.0. The maximum Gasteiger partial charge on any atom is 0.410 e. The first-order chi connectivity index (χ1) is 11.1. The number of esters is 1. The minimum Gasteiger partial charge on any atom is -0.465 e. The van der Waals surface area contributed by atoms with Crippen LogP contribution in [0.1, 0.15) is 43.6 Å². The number of rotatable bonds is 6. The number of methoxy groups -OCH3 is 1. The van der Waals surface area contributed by atoms with Crippen molar-refractivity contribution in [3.63, 3.8) is 0 Å². The topological polar surface area (TPSA) is 67.9 Å². The second-order valence-electron chi connectivity index (χ2n) is 6.76. The van der Waals surface area contributed by atoms with Crippen LogP contribution in [-0.4, -0.2) is 49.3 Å². The van der Waals surface area contributed by atoms with Gasteiger partial charge in [-0.25, -0.2) is 9.59 Å². The molecule has 1 aromatic rings. The lowest BCUT2D eigenvalue weighted by Gasteiger charge is -2.28. The quantitative estimate of drug-likeness (QED) is 0.809. The minimum absolute atomic E-state index is 0.00538. The first-order valence-electron chi connectivity index (χ1n) is 7.98. The van der Waals surface area contributed by atoms with Gasteiger partial charge in [0.05, 0.1) is 12.7 Å². The van der Waals surface area contributed by atoms with E-state index >= 15 is 0 Å². The molecule has 6 heteroatoms. The zero-order valence-corrected chi connectivity index (χ0v) is 15.4. The van der Waals surface area contributed by atoms with Crippen molar-refractivity contribution in [2.75, 3.05) is 20.7 Å². The molecule has 0 fully saturated rings. The zero-order chi connectivity index (χ0) is 18.3. The number of nitrogens with zero attached hydrogens (tertiary/aromatic N) is 1. The molecule has 1 atom stereocenters. The highest BCUT2D eigenvalue weighted by Gasteiger charge is 2.22. The van der Waals surface area contributed by atoms with Crippen LogP contribution in [0.15, 0.2) is 24.3 Å². The second-order valence-corrected chi connectivity index (χ2v) is 6.76. The SMILES string of the molecule is COC(=O)c1ccc(CNCC(C)N(C)C(=O)OC(C)(C)C)cc1. The van der Waals surface area contributed by atoms with E-state index in [-0.39, 0.29) is 18.1 Å². The van der Waals surface area contributed by atoms with Gasteiger partial charge in [-0.3, -0.25) is 0 Å². The molecule has 0 spiro atoms. The van der Waals surface area contributed by atoms with E-state index in [2.05, 4.69) is 10.1 Å². The van der Waals surface area contributed by atoms with Crippen LogP contribution in [0.5, 0.6) is 0 Å². The smallest absolute Gasteiger partial charge is 0.410 e. The molecule has 0 aliphatic carbocycles. The first kappa shape index (κ1) is 20.0. The molecule has 1 aromatic carbocycles. The number of ether oxygens (including phenoxy) is 2. The van der Waals surface area contributed by atoms with Crippen molar-refractivity contribution in [2.45, 2.75) is 45.9 Å². The molecule has 1 rings (SSSR count). The molecule has 0 aliphatic rings. The molecule has 1 N–H and O–H groups in total. The summed E-state index contributed by atoms with van der Waals surface area (Å²) in [5, 5.41) is 3.30. The van der Waals surface area contributed by atoms with Crippen molar-refractivity contribution in [1.29, 1.82) is 0 Å². The van der Waals surface area contributed by atoms with Gasteiger partial charge in [0.25, 0.3) is 0 Å². The van der Waals surface area contributed by atoms with Gasteiger partial charge in [-0.2, -0.15) is 0 Å². The molecule has 0 bridgehead atoms. The zero-order valence-electron chi connectivity index (χ0n) is 15.4. The second kappa shape index (κ2) is 8.68. The lowest BCUT2D eigenvalue weighted by molar-refractivity contribution is 0.0235. The van der Waals surface area contributed by atoms with Gasteiger partial charge in [0.15, 0.2) is 0 Å². The molecule has 0 saturated carbocycles. The molecule has 0 aliphatic heterocycles. The molecule has 0 heterocycles. The predicted molar refractivity (Wildman–Crippen MR) is 92.9 cm³/mol. The van der Waals surface area contributed by atoms with Crippen molar-refractivity contribution in [1.82, 2.24) is 10.2 Å². The fourth-order valence-corrected chi connectivity index (χ4v) is 1.95. The van der Waals surface area contributed by atoms with Gasteiger partial charge in [0.2, 0.25) is 0 Å². The molecular weight excluding hydrogens is 308 g/mol. The van der Waals surface area contributed by atoms with Gasteiger partial charge in [-0.05, 0) is 45.4 Å². The van der Waals surface area contributed by atoms with Crippen LogP contribution in [0.3, 0.4) is 0 Å². The van der Waals surface area contributed by atoms with Gasteiger partial charge in [-0.1, -0.05) is 12.1 Å². The van der Waals surface area contributed by atoms with Gasteiger partial charge < -0.3 is 19.7 Å². The number of benzene rings is 1. The summed E-state index contributed by atoms with van der Waals surface area (Å²) in [5.74, 6) is -0.345. The van der Waals surface area contributed by atoms with Gasteiger partial charge in [0, 0.05) is 26.2 Å². The summed E-state index contributed by atoms with van der Waals surface area (Å²) >= 11 is 0. The molecular formula is C18H28N2O4. The Labute approximate surface area is 144 Å². The highest BCUT2D eigenvalue weighted by atomic mass is 16.6. The third-order valence-electron chi connectivity index (χ3n) is 3.49. The van der Waals surface area contributed by atoms with Crippen molar-refractivity contribution in [3.8, 4) is 0 Å². The first-order valence-corrected chi connectivity index (χ1v) is 7.98. The van der Waals surface area contributed by atoms with Crippen LogP contribution in [0.25, 0.3) is 0 Å². The average Bonchev–Trinajstić information content (AvgIpc) is 2.52. The molecule has 0 aromatic heterocycles. The summed E-state index contributed by atoms with van der Waals surface area (Å²) in [6, 6.07) is 7.22. The van der Waals surface area contributed by atoms with Crippen LogP contribution in [0.2, 0.25) is 0 Å².